The summed E-state index contributed by atoms with van der Waals surface area (Å²) in [7, 11) is 1.32. The van der Waals surface area contributed by atoms with Crippen molar-refractivity contribution in [3.8, 4) is 5.75 Å². The van der Waals surface area contributed by atoms with Gasteiger partial charge in [-0.25, -0.2) is 14.4 Å². The SMILES string of the molecule is C=C(C)C(=O)OCCNC(=O)OCCCOc1ccc(C=CC(=O)OC)cc1. The first-order valence-electron chi connectivity index (χ1n) is 8.64. The highest BCUT2D eigenvalue weighted by Crippen LogP contribution is 2.13. The second-order valence-corrected chi connectivity index (χ2v) is 5.61. The van der Waals surface area contributed by atoms with Gasteiger partial charge in [-0.3, -0.25) is 0 Å². The van der Waals surface area contributed by atoms with Gasteiger partial charge in [0.2, 0.25) is 0 Å². The first-order valence-corrected chi connectivity index (χ1v) is 8.64. The summed E-state index contributed by atoms with van der Waals surface area (Å²) in [5, 5.41) is 2.47. The molecular weight excluding hydrogens is 366 g/mol. The molecule has 0 radical (unpaired) electrons. The van der Waals surface area contributed by atoms with E-state index in [1.165, 1.54) is 13.2 Å². The average molecular weight is 391 g/mol. The second-order valence-electron chi connectivity index (χ2n) is 5.61. The van der Waals surface area contributed by atoms with Gasteiger partial charge in [0.1, 0.15) is 12.4 Å². The Labute approximate surface area is 164 Å². The summed E-state index contributed by atoms with van der Waals surface area (Å²) in [5.41, 5.74) is 1.14. The van der Waals surface area contributed by atoms with Gasteiger partial charge in [-0.2, -0.15) is 0 Å². The van der Waals surface area contributed by atoms with Crippen LogP contribution in [0.1, 0.15) is 18.9 Å². The Morgan fingerprint density at radius 2 is 1.79 bits per heavy atom. The van der Waals surface area contributed by atoms with E-state index in [-0.39, 0.29) is 19.8 Å². The minimum Gasteiger partial charge on any atom is -0.493 e. The maximum absolute atomic E-state index is 11.5. The molecule has 0 fully saturated rings. The summed E-state index contributed by atoms with van der Waals surface area (Å²) in [6, 6.07) is 7.16. The number of rotatable bonds is 11. The molecule has 0 bridgehead atoms. The van der Waals surface area contributed by atoms with Gasteiger partial charge in [0.25, 0.3) is 0 Å². The molecule has 1 rings (SSSR count). The zero-order chi connectivity index (χ0) is 20.8. The quantitative estimate of drug-likeness (QED) is 0.268. The van der Waals surface area contributed by atoms with Crippen LogP contribution in [0, 0.1) is 0 Å². The van der Waals surface area contributed by atoms with Crippen LogP contribution in [0.5, 0.6) is 5.75 Å². The molecule has 0 saturated carbocycles. The third kappa shape index (κ3) is 10.0. The third-order valence-electron chi connectivity index (χ3n) is 3.24. The molecule has 0 unspecified atom stereocenters. The molecule has 1 N–H and O–H groups in total. The summed E-state index contributed by atoms with van der Waals surface area (Å²) >= 11 is 0. The molecule has 0 heterocycles. The summed E-state index contributed by atoms with van der Waals surface area (Å²) in [6.45, 7) is 5.77. The molecule has 8 nitrogen and oxygen atoms in total. The van der Waals surface area contributed by atoms with Gasteiger partial charge in [0, 0.05) is 18.1 Å². The van der Waals surface area contributed by atoms with Crippen molar-refractivity contribution in [1.29, 1.82) is 0 Å². The lowest BCUT2D eigenvalue weighted by Gasteiger charge is -2.09. The Morgan fingerprint density at radius 3 is 2.43 bits per heavy atom. The predicted molar refractivity (Wildman–Crippen MR) is 103 cm³/mol. The number of amides is 1. The minimum absolute atomic E-state index is 0.0503. The number of carbonyl (C=O) groups is 3. The smallest absolute Gasteiger partial charge is 0.407 e. The van der Waals surface area contributed by atoms with Gasteiger partial charge in [0.05, 0.1) is 26.9 Å². The number of benzene rings is 1. The van der Waals surface area contributed by atoms with Crippen LogP contribution >= 0.6 is 0 Å². The molecule has 1 aromatic rings. The largest absolute Gasteiger partial charge is 0.493 e. The van der Waals surface area contributed by atoms with Crippen molar-refractivity contribution in [2.24, 2.45) is 0 Å². The van der Waals surface area contributed by atoms with Gasteiger partial charge < -0.3 is 24.3 Å². The van der Waals surface area contributed by atoms with E-state index < -0.39 is 18.0 Å². The monoisotopic (exact) mass is 391 g/mol. The van der Waals surface area contributed by atoms with E-state index in [2.05, 4.69) is 16.6 Å². The predicted octanol–water partition coefficient (Wildman–Crippen LogP) is 2.49. The van der Waals surface area contributed by atoms with Crippen LogP contribution in [0.15, 0.2) is 42.5 Å². The molecule has 28 heavy (non-hydrogen) atoms. The fourth-order valence-corrected chi connectivity index (χ4v) is 1.79. The van der Waals surface area contributed by atoms with Crippen molar-refractivity contribution in [2.45, 2.75) is 13.3 Å². The summed E-state index contributed by atoms with van der Waals surface area (Å²) < 4.78 is 19.9. The van der Waals surface area contributed by atoms with E-state index in [1.807, 2.05) is 0 Å². The van der Waals surface area contributed by atoms with Gasteiger partial charge in [-0.1, -0.05) is 18.7 Å². The number of alkyl carbamates (subject to hydrolysis) is 1. The molecular formula is C20H25NO7. The highest BCUT2D eigenvalue weighted by atomic mass is 16.6. The number of carbonyl (C=O) groups excluding carboxylic acids is 3. The Hall–Kier alpha value is -3.29. The lowest BCUT2D eigenvalue weighted by atomic mass is 10.2. The maximum atomic E-state index is 11.5. The lowest BCUT2D eigenvalue weighted by Crippen LogP contribution is -2.29. The highest BCUT2D eigenvalue weighted by Gasteiger charge is 2.04. The number of esters is 2. The molecule has 0 aliphatic heterocycles. The number of hydrogen-bond acceptors (Lipinski definition) is 7. The van der Waals surface area contributed by atoms with Crippen LogP contribution in [-0.4, -0.2) is 51.5 Å². The third-order valence-corrected chi connectivity index (χ3v) is 3.24. The van der Waals surface area contributed by atoms with Gasteiger partial charge in [0.15, 0.2) is 0 Å². The van der Waals surface area contributed by atoms with Crippen LogP contribution in [0.4, 0.5) is 4.79 Å². The standard InChI is InChI=1S/C20H25NO7/c1-15(2)19(23)27-14-11-21-20(24)28-13-4-12-26-17-8-5-16(6-9-17)7-10-18(22)25-3/h5-10H,1,4,11-14H2,2-3H3,(H,21,24). The Bertz CT molecular complexity index is 695. The van der Waals surface area contributed by atoms with Gasteiger partial charge in [-0.05, 0) is 30.7 Å². The molecule has 0 aliphatic rings. The maximum Gasteiger partial charge on any atom is 0.407 e. The van der Waals surface area contributed by atoms with E-state index in [4.69, 9.17) is 14.2 Å². The lowest BCUT2D eigenvalue weighted by molar-refractivity contribution is -0.138. The molecule has 0 saturated heterocycles. The van der Waals surface area contributed by atoms with E-state index in [9.17, 15) is 14.4 Å². The van der Waals surface area contributed by atoms with Gasteiger partial charge >= 0.3 is 18.0 Å². The average Bonchev–Trinajstić information content (AvgIpc) is 2.69. The van der Waals surface area contributed by atoms with Crippen LogP contribution in [0.3, 0.4) is 0 Å². The Kier molecular flexibility index (Phi) is 10.5. The minimum atomic E-state index is -0.590. The summed E-state index contributed by atoms with van der Waals surface area (Å²) in [4.78, 5) is 33.6. The molecule has 0 atom stereocenters. The summed E-state index contributed by atoms with van der Waals surface area (Å²) in [6.07, 6.45) is 2.90. The Balaban J connectivity index is 2.12. The van der Waals surface area contributed by atoms with E-state index in [1.54, 1.807) is 37.3 Å². The molecule has 152 valence electrons. The normalized spacial score (nSPS) is 10.2. The number of ether oxygens (including phenoxy) is 4. The van der Waals surface area contributed by atoms with E-state index >= 15 is 0 Å². The second kappa shape index (κ2) is 13.0. The molecule has 1 amide bonds. The van der Waals surface area contributed by atoms with Gasteiger partial charge in [-0.15, -0.1) is 0 Å². The molecule has 8 heteroatoms. The zero-order valence-electron chi connectivity index (χ0n) is 16.1. The fraction of sp³-hybridized carbons (Fsp3) is 0.350. The molecule has 0 spiro atoms. The van der Waals surface area contributed by atoms with Crippen molar-refractivity contribution in [1.82, 2.24) is 5.32 Å². The molecule has 0 aromatic heterocycles. The summed E-state index contributed by atoms with van der Waals surface area (Å²) in [5.74, 6) is -0.254. The van der Waals surface area contributed by atoms with E-state index in [0.717, 1.165) is 5.56 Å². The van der Waals surface area contributed by atoms with Crippen molar-refractivity contribution < 1.29 is 33.3 Å². The van der Waals surface area contributed by atoms with Crippen molar-refractivity contribution in [3.05, 3.63) is 48.1 Å². The highest BCUT2D eigenvalue weighted by molar-refractivity contribution is 5.87. The molecule has 1 aromatic carbocycles. The first-order chi connectivity index (χ1) is 13.4. The van der Waals surface area contributed by atoms with Crippen LogP contribution < -0.4 is 10.1 Å². The Morgan fingerprint density at radius 1 is 1.07 bits per heavy atom. The molecule has 0 aliphatic carbocycles. The fourth-order valence-electron chi connectivity index (χ4n) is 1.79. The van der Waals surface area contributed by atoms with Crippen molar-refractivity contribution >= 4 is 24.1 Å². The number of hydrogen-bond donors (Lipinski definition) is 1. The van der Waals surface area contributed by atoms with Crippen LogP contribution in [0.2, 0.25) is 0 Å². The first kappa shape index (κ1) is 22.8. The van der Waals surface area contributed by atoms with Crippen molar-refractivity contribution in [2.75, 3.05) is 33.5 Å². The number of nitrogens with one attached hydrogen (secondary N) is 1. The van der Waals surface area contributed by atoms with Crippen LogP contribution in [0.25, 0.3) is 6.08 Å². The zero-order valence-corrected chi connectivity index (χ0v) is 16.1. The van der Waals surface area contributed by atoms with E-state index in [0.29, 0.717) is 24.4 Å². The number of methoxy groups -OCH3 is 1. The van der Waals surface area contributed by atoms with Crippen molar-refractivity contribution in [3.63, 3.8) is 0 Å². The topological polar surface area (TPSA) is 100 Å². The van der Waals surface area contributed by atoms with Crippen LogP contribution in [-0.2, 0) is 23.8 Å².